The number of amides is 1. The SMILES string of the molecule is Cc1nc(CC(=O)NCC2(CO)CCCC2)cs1. The summed E-state index contributed by atoms with van der Waals surface area (Å²) < 4.78 is 0. The van der Waals surface area contributed by atoms with Crippen LogP contribution in [-0.4, -0.2) is 29.1 Å². The maximum Gasteiger partial charge on any atom is 0.226 e. The van der Waals surface area contributed by atoms with Gasteiger partial charge in [-0.2, -0.15) is 0 Å². The van der Waals surface area contributed by atoms with Crippen molar-refractivity contribution in [2.24, 2.45) is 5.41 Å². The van der Waals surface area contributed by atoms with Gasteiger partial charge in [0.1, 0.15) is 0 Å². The van der Waals surface area contributed by atoms with E-state index >= 15 is 0 Å². The van der Waals surface area contributed by atoms with E-state index in [-0.39, 0.29) is 17.9 Å². The normalized spacial score (nSPS) is 17.9. The molecule has 0 radical (unpaired) electrons. The number of carbonyl (C=O) groups is 1. The molecular formula is C13H20N2O2S. The van der Waals surface area contributed by atoms with Crippen molar-refractivity contribution in [1.82, 2.24) is 10.3 Å². The van der Waals surface area contributed by atoms with Gasteiger partial charge in [0.15, 0.2) is 0 Å². The third-order valence-corrected chi connectivity index (χ3v) is 4.49. The van der Waals surface area contributed by atoms with Crippen molar-refractivity contribution in [2.45, 2.75) is 39.0 Å². The second-order valence-electron chi connectivity index (χ2n) is 5.18. The molecule has 0 atom stereocenters. The molecule has 0 unspecified atom stereocenters. The largest absolute Gasteiger partial charge is 0.396 e. The zero-order chi connectivity index (χ0) is 13.0. The topological polar surface area (TPSA) is 62.2 Å². The average Bonchev–Trinajstić information content (AvgIpc) is 2.97. The summed E-state index contributed by atoms with van der Waals surface area (Å²) in [6, 6.07) is 0. The average molecular weight is 268 g/mol. The van der Waals surface area contributed by atoms with Crippen LogP contribution in [0.4, 0.5) is 0 Å². The summed E-state index contributed by atoms with van der Waals surface area (Å²) >= 11 is 1.56. The summed E-state index contributed by atoms with van der Waals surface area (Å²) in [5, 5.41) is 15.3. The van der Waals surface area contributed by atoms with Crippen LogP contribution in [0.3, 0.4) is 0 Å². The lowest BCUT2D eigenvalue weighted by Gasteiger charge is -2.26. The Morgan fingerprint density at radius 2 is 2.28 bits per heavy atom. The lowest BCUT2D eigenvalue weighted by atomic mass is 9.87. The number of thiazole rings is 1. The first-order valence-electron chi connectivity index (χ1n) is 6.42. The van der Waals surface area contributed by atoms with Crippen LogP contribution in [0.1, 0.15) is 36.4 Å². The zero-order valence-electron chi connectivity index (χ0n) is 10.7. The van der Waals surface area contributed by atoms with Gasteiger partial charge in [0, 0.05) is 17.3 Å². The number of nitrogens with one attached hydrogen (secondary N) is 1. The van der Waals surface area contributed by atoms with Gasteiger partial charge in [0.25, 0.3) is 0 Å². The number of rotatable bonds is 5. The Morgan fingerprint density at radius 3 is 2.83 bits per heavy atom. The molecule has 0 saturated heterocycles. The number of aliphatic hydroxyl groups excluding tert-OH is 1. The van der Waals surface area contributed by atoms with E-state index in [2.05, 4.69) is 10.3 Å². The Kier molecular flexibility index (Phi) is 4.35. The highest BCUT2D eigenvalue weighted by Gasteiger charge is 2.33. The first kappa shape index (κ1) is 13.5. The van der Waals surface area contributed by atoms with Gasteiger partial charge in [-0.05, 0) is 19.8 Å². The third kappa shape index (κ3) is 3.29. The number of aryl methyl sites for hydroxylation is 1. The molecule has 1 amide bonds. The number of hydrogen-bond donors (Lipinski definition) is 2. The molecule has 4 nitrogen and oxygen atoms in total. The molecule has 18 heavy (non-hydrogen) atoms. The van der Waals surface area contributed by atoms with Crippen molar-refractivity contribution in [2.75, 3.05) is 13.2 Å². The van der Waals surface area contributed by atoms with Gasteiger partial charge in [-0.25, -0.2) is 4.98 Å². The Hall–Kier alpha value is -0.940. The second-order valence-corrected chi connectivity index (χ2v) is 6.24. The van der Waals surface area contributed by atoms with Crippen LogP contribution in [0.25, 0.3) is 0 Å². The van der Waals surface area contributed by atoms with Gasteiger partial charge in [0.05, 0.1) is 23.7 Å². The van der Waals surface area contributed by atoms with Gasteiger partial charge in [-0.15, -0.1) is 11.3 Å². The highest BCUT2D eigenvalue weighted by atomic mass is 32.1. The van der Waals surface area contributed by atoms with Crippen LogP contribution >= 0.6 is 11.3 Å². The summed E-state index contributed by atoms with van der Waals surface area (Å²) in [7, 11) is 0. The molecule has 0 aromatic carbocycles. The van der Waals surface area contributed by atoms with Crippen molar-refractivity contribution < 1.29 is 9.90 Å². The Balaban J connectivity index is 1.81. The molecule has 1 aromatic rings. The first-order valence-corrected chi connectivity index (χ1v) is 7.30. The predicted octanol–water partition coefficient (Wildman–Crippen LogP) is 1.66. The van der Waals surface area contributed by atoms with Crippen LogP contribution in [0.15, 0.2) is 5.38 Å². The van der Waals surface area contributed by atoms with E-state index in [4.69, 9.17) is 0 Å². The molecule has 1 aromatic heterocycles. The third-order valence-electron chi connectivity index (χ3n) is 3.67. The fourth-order valence-electron chi connectivity index (χ4n) is 2.52. The Morgan fingerprint density at radius 1 is 1.56 bits per heavy atom. The van der Waals surface area contributed by atoms with Crippen LogP contribution < -0.4 is 5.32 Å². The van der Waals surface area contributed by atoms with Crippen molar-refractivity contribution >= 4 is 17.2 Å². The van der Waals surface area contributed by atoms with Crippen molar-refractivity contribution in [3.8, 4) is 0 Å². The quantitative estimate of drug-likeness (QED) is 0.854. The molecule has 100 valence electrons. The van der Waals surface area contributed by atoms with E-state index in [0.717, 1.165) is 36.4 Å². The summed E-state index contributed by atoms with van der Waals surface area (Å²) in [6.45, 7) is 2.69. The van der Waals surface area contributed by atoms with Crippen molar-refractivity contribution in [1.29, 1.82) is 0 Å². The lowest BCUT2D eigenvalue weighted by Crippen LogP contribution is -2.38. The van der Waals surface area contributed by atoms with Gasteiger partial charge in [0.2, 0.25) is 5.91 Å². The number of nitrogens with zero attached hydrogens (tertiary/aromatic N) is 1. The molecule has 2 rings (SSSR count). The second kappa shape index (κ2) is 5.80. The smallest absolute Gasteiger partial charge is 0.226 e. The monoisotopic (exact) mass is 268 g/mol. The summed E-state index contributed by atoms with van der Waals surface area (Å²) in [4.78, 5) is 16.1. The van der Waals surface area contributed by atoms with Gasteiger partial charge < -0.3 is 10.4 Å². The number of carbonyl (C=O) groups excluding carboxylic acids is 1. The van der Waals surface area contributed by atoms with Crippen molar-refractivity contribution in [3.05, 3.63) is 16.1 Å². The molecule has 0 spiro atoms. The van der Waals surface area contributed by atoms with E-state index < -0.39 is 0 Å². The minimum atomic E-state index is -0.0757. The van der Waals surface area contributed by atoms with E-state index in [1.54, 1.807) is 11.3 Å². The highest BCUT2D eigenvalue weighted by molar-refractivity contribution is 7.09. The standard InChI is InChI=1S/C13H20N2O2S/c1-10-15-11(7-18-10)6-12(17)14-8-13(9-16)4-2-3-5-13/h7,16H,2-6,8-9H2,1H3,(H,14,17). The molecule has 5 heteroatoms. The minimum absolute atomic E-state index is 0.0000231. The number of hydrogen-bond acceptors (Lipinski definition) is 4. The van der Waals surface area contributed by atoms with E-state index in [0.29, 0.717) is 13.0 Å². The van der Waals surface area contributed by atoms with Gasteiger partial charge in [-0.1, -0.05) is 12.8 Å². The lowest BCUT2D eigenvalue weighted by molar-refractivity contribution is -0.121. The minimum Gasteiger partial charge on any atom is -0.396 e. The fraction of sp³-hybridized carbons (Fsp3) is 0.692. The van der Waals surface area contributed by atoms with Crippen LogP contribution in [0.5, 0.6) is 0 Å². The highest BCUT2D eigenvalue weighted by Crippen LogP contribution is 2.36. The summed E-state index contributed by atoms with van der Waals surface area (Å²) in [5.74, 6) is 0.0000231. The maximum atomic E-state index is 11.8. The number of aromatic nitrogens is 1. The molecular weight excluding hydrogens is 248 g/mol. The first-order chi connectivity index (χ1) is 8.63. The van der Waals surface area contributed by atoms with E-state index in [9.17, 15) is 9.90 Å². The number of aliphatic hydroxyl groups is 1. The molecule has 1 aliphatic rings. The predicted molar refractivity (Wildman–Crippen MR) is 71.6 cm³/mol. The van der Waals surface area contributed by atoms with E-state index in [1.807, 2.05) is 12.3 Å². The maximum absolute atomic E-state index is 11.8. The van der Waals surface area contributed by atoms with Crippen LogP contribution in [0.2, 0.25) is 0 Å². The molecule has 1 saturated carbocycles. The molecule has 1 heterocycles. The Bertz CT molecular complexity index is 411. The Labute approximate surface area is 111 Å². The summed E-state index contributed by atoms with van der Waals surface area (Å²) in [6.07, 6.45) is 4.68. The summed E-state index contributed by atoms with van der Waals surface area (Å²) in [5.41, 5.74) is 0.757. The van der Waals surface area contributed by atoms with Crippen LogP contribution in [0, 0.1) is 12.3 Å². The molecule has 2 N–H and O–H groups in total. The molecule has 1 aliphatic carbocycles. The molecule has 1 fully saturated rings. The molecule has 0 bridgehead atoms. The van der Waals surface area contributed by atoms with Crippen molar-refractivity contribution in [3.63, 3.8) is 0 Å². The van der Waals surface area contributed by atoms with E-state index in [1.165, 1.54) is 0 Å². The fourth-order valence-corrected chi connectivity index (χ4v) is 3.13. The zero-order valence-corrected chi connectivity index (χ0v) is 11.6. The van der Waals surface area contributed by atoms with Crippen LogP contribution in [-0.2, 0) is 11.2 Å². The van der Waals surface area contributed by atoms with Gasteiger partial charge in [-0.3, -0.25) is 4.79 Å². The van der Waals surface area contributed by atoms with Gasteiger partial charge >= 0.3 is 0 Å². The molecule has 0 aliphatic heterocycles.